The molecule has 0 bridgehead atoms. The number of nitrogens with zero attached hydrogens (tertiary/aromatic N) is 1. The lowest BCUT2D eigenvalue weighted by atomic mass is 10.3. The van der Waals surface area contributed by atoms with E-state index in [9.17, 15) is 4.79 Å². The van der Waals surface area contributed by atoms with Crippen LogP contribution in [0.3, 0.4) is 0 Å². The first-order valence-electron chi connectivity index (χ1n) is 5.05. The van der Waals surface area contributed by atoms with Crippen LogP contribution in [0.2, 0.25) is 15.1 Å². The summed E-state index contributed by atoms with van der Waals surface area (Å²) in [6.07, 6.45) is 1.45. The number of carbonyl (C=O) groups is 1. The van der Waals surface area contributed by atoms with Crippen molar-refractivity contribution in [2.75, 3.05) is 5.32 Å². The van der Waals surface area contributed by atoms with Crippen LogP contribution in [-0.4, -0.2) is 10.9 Å². The molecular formula is C12H6BrCl3N2O. The first-order chi connectivity index (χ1) is 8.99. The number of hydrogen-bond acceptors (Lipinski definition) is 2. The van der Waals surface area contributed by atoms with E-state index >= 15 is 0 Å². The molecule has 0 radical (unpaired) electrons. The molecule has 0 spiro atoms. The largest absolute Gasteiger partial charge is 0.319 e. The van der Waals surface area contributed by atoms with Crippen molar-refractivity contribution in [1.29, 1.82) is 0 Å². The molecule has 19 heavy (non-hydrogen) atoms. The van der Waals surface area contributed by atoms with Gasteiger partial charge in [-0.05, 0) is 40.2 Å². The summed E-state index contributed by atoms with van der Waals surface area (Å²) in [4.78, 5) is 15.9. The van der Waals surface area contributed by atoms with Gasteiger partial charge < -0.3 is 5.32 Å². The summed E-state index contributed by atoms with van der Waals surface area (Å²) in [6.45, 7) is 0. The lowest BCUT2D eigenvalue weighted by Crippen LogP contribution is -2.13. The molecule has 0 saturated carbocycles. The quantitative estimate of drug-likeness (QED) is 0.740. The molecule has 3 nitrogen and oxygen atoms in total. The fraction of sp³-hybridized carbons (Fsp3) is 0. The highest BCUT2D eigenvalue weighted by Gasteiger charge is 2.13. The first kappa shape index (κ1) is 14.6. The van der Waals surface area contributed by atoms with E-state index in [4.69, 9.17) is 34.8 Å². The lowest BCUT2D eigenvalue weighted by Gasteiger charge is -2.09. The zero-order valence-corrected chi connectivity index (χ0v) is 13.1. The summed E-state index contributed by atoms with van der Waals surface area (Å²) in [5, 5.41) is 3.64. The third kappa shape index (κ3) is 3.39. The number of aromatic nitrogens is 1. The molecule has 1 N–H and O–H groups in total. The van der Waals surface area contributed by atoms with Crippen molar-refractivity contribution in [3.8, 4) is 0 Å². The Balaban J connectivity index is 2.27. The molecule has 98 valence electrons. The number of pyridine rings is 1. The van der Waals surface area contributed by atoms with Gasteiger partial charge >= 0.3 is 0 Å². The Kier molecular flexibility index (Phi) is 4.68. The molecule has 0 aliphatic carbocycles. The van der Waals surface area contributed by atoms with Gasteiger partial charge in [0.15, 0.2) is 0 Å². The van der Waals surface area contributed by atoms with Crippen molar-refractivity contribution >= 4 is 62.3 Å². The van der Waals surface area contributed by atoms with Gasteiger partial charge in [-0.25, -0.2) is 0 Å². The number of nitrogens with one attached hydrogen (secondary N) is 1. The molecule has 2 aromatic rings. The topological polar surface area (TPSA) is 42.0 Å². The molecule has 0 atom stereocenters. The Morgan fingerprint density at radius 2 is 1.89 bits per heavy atom. The normalized spacial score (nSPS) is 10.3. The molecule has 1 heterocycles. The molecule has 7 heteroatoms. The minimum atomic E-state index is -0.414. The van der Waals surface area contributed by atoms with Crippen LogP contribution in [0.1, 0.15) is 10.5 Å². The summed E-state index contributed by atoms with van der Waals surface area (Å²) in [7, 11) is 0. The van der Waals surface area contributed by atoms with E-state index in [1.165, 1.54) is 12.3 Å². The second kappa shape index (κ2) is 6.09. The highest BCUT2D eigenvalue weighted by molar-refractivity contribution is 9.10. The second-order valence-corrected chi connectivity index (χ2v) is 5.58. The molecule has 1 amide bonds. The van der Waals surface area contributed by atoms with Crippen molar-refractivity contribution in [3.05, 3.63) is 55.7 Å². The minimum absolute atomic E-state index is 0.197. The van der Waals surface area contributed by atoms with E-state index < -0.39 is 5.91 Å². The predicted molar refractivity (Wildman–Crippen MR) is 81.4 cm³/mol. The van der Waals surface area contributed by atoms with E-state index in [-0.39, 0.29) is 10.7 Å². The van der Waals surface area contributed by atoms with Crippen molar-refractivity contribution in [1.82, 2.24) is 4.98 Å². The Morgan fingerprint density at radius 1 is 1.16 bits per heavy atom. The van der Waals surface area contributed by atoms with Crippen LogP contribution >= 0.6 is 50.7 Å². The zero-order chi connectivity index (χ0) is 14.0. The smallest absolute Gasteiger partial charge is 0.274 e. The minimum Gasteiger partial charge on any atom is -0.319 e. The van der Waals surface area contributed by atoms with E-state index in [1.807, 2.05) is 0 Å². The van der Waals surface area contributed by atoms with Gasteiger partial charge in [-0.3, -0.25) is 9.78 Å². The third-order valence-electron chi connectivity index (χ3n) is 2.24. The third-order valence-corrected chi connectivity index (χ3v) is 4.24. The number of amides is 1. The monoisotopic (exact) mass is 378 g/mol. The first-order valence-corrected chi connectivity index (χ1v) is 6.98. The molecule has 0 fully saturated rings. The fourth-order valence-corrected chi connectivity index (χ4v) is 2.32. The standard InChI is InChI=1S/C12H6BrCl3N2O/c13-7-1-2-8(11(16)10(7)15)18-12(19)9-5-6(14)3-4-17-9/h1-5H,(H,18,19). The van der Waals surface area contributed by atoms with Crippen LogP contribution in [0.15, 0.2) is 34.9 Å². The Labute approximate surface area is 133 Å². The summed E-state index contributed by atoms with van der Waals surface area (Å²) in [6, 6.07) is 6.38. The van der Waals surface area contributed by atoms with Crippen molar-refractivity contribution in [2.45, 2.75) is 0 Å². The second-order valence-electron chi connectivity index (χ2n) is 3.54. The van der Waals surface area contributed by atoms with E-state index in [0.717, 1.165) is 0 Å². The Bertz CT molecular complexity index is 649. The number of carbonyl (C=O) groups excluding carboxylic acids is 1. The molecule has 1 aromatic heterocycles. The molecule has 0 aliphatic heterocycles. The predicted octanol–water partition coefficient (Wildman–Crippen LogP) is 5.06. The molecule has 2 rings (SSSR count). The zero-order valence-electron chi connectivity index (χ0n) is 9.25. The summed E-state index contributed by atoms with van der Waals surface area (Å²) < 4.78 is 0.651. The molecule has 0 saturated heterocycles. The lowest BCUT2D eigenvalue weighted by molar-refractivity contribution is 0.102. The number of rotatable bonds is 2. The summed E-state index contributed by atoms with van der Waals surface area (Å²) >= 11 is 21.0. The van der Waals surface area contributed by atoms with Crippen molar-refractivity contribution in [3.63, 3.8) is 0 Å². The summed E-state index contributed by atoms with van der Waals surface area (Å²) in [5.74, 6) is -0.414. The van der Waals surface area contributed by atoms with Crippen LogP contribution in [-0.2, 0) is 0 Å². The van der Waals surface area contributed by atoms with Gasteiger partial charge in [-0.2, -0.15) is 0 Å². The van der Waals surface area contributed by atoms with Gasteiger partial charge in [-0.1, -0.05) is 34.8 Å². The van der Waals surface area contributed by atoms with E-state index in [0.29, 0.717) is 20.2 Å². The fourth-order valence-electron chi connectivity index (χ4n) is 1.34. The molecule has 0 unspecified atom stereocenters. The van der Waals surface area contributed by atoms with Crippen LogP contribution < -0.4 is 5.32 Å². The van der Waals surface area contributed by atoms with Gasteiger partial charge in [0, 0.05) is 15.7 Å². The van der Waals surface area contributed by atoms with Gasteiger partial charge in [0.05, 0.1) is 15.7 Å². The highest BCUT2D eigenvalue weighted by atomic mass is 79.9. The number of hydrogen-bond donors (Lipinski definition) is 1. The van der Waals surface area contributed by atoms with E-state index in [2.05, 4.69) is 26.2 Å². The maximum atomic E-state index is 12.0. The van der Waals surface area contributed by atoms with Crippen LogP contribution in [0.25, 0.3) is 0 Å². The maximum Gasteiger partial charge on any atom is 0.274 e. The van der Waals surface area contributed by atoms with Crippen molar-refractivity contribution < 1.29 is 4.79 Å². The molecule has 1 aromatic carbocycles. The van der Waals surface area contributed by atoms with E-state index in [1.54, 1.807) is 18.2 Å². The SMILES string of the molecule is O=C(Nc1ccc(Br)c(Cl)c1Cl)c1cc(Cl)ccn1. The Morgan fingerprint density at radius 3 is 2.58 bits per heavy atom. The number of anilines is 1. The molecule has 0 aliphatic rings. The van der Waals surface area contributed by atoms with Gasteiger partial charge in [0.2, 0.25) is 0 Å². The van der Waals surface area contributed by atoms with Crippen LogP contribution in [0, 0.1) is 0 Å². The average Bonchev–Trinajstić information content (AvgIpc) is 2.39. The highest BCUT2D eigenvalue weighted by Crippen LogP contribution is 2.35. The maximum absolute atomic E-state index is 12.0. The van der Waals surface area contributed by atoms with Gasteiger partial charge in [-0.15, -0.1) is 0 Å². The summed E-state index contributed by atoms with van der Waals surface area (Å²) in [5.41, 5.74) is 0.601. The molecular weight excluding hydrogens is 374 g/mol. The van der Waals surface area contributed by atoms with Gasteiger partial charge in [0.1, 0.15) is 5.69 Å². The number of benzene rings is 1. The van der Waals surface area contributed by atoms with Crippen LogP contribution in [0.4, 0.5) is 5.69 Å². The van der Waals surface area contributed by atoms with Crippen LogP contribution in [0.5, 0.6) is 0 Å². The Hall–Kier alpha value is -0.810. The average molecular weight is 380 g/mol. The van der Waals surface area contributed by atoms with Crippen molar-refractivity contribution in [2.24, 2.45) is 0 Å². The number of halogens is 4. The van der Waals surface area contributed by atoms with Gasteiger partial charge in [0.25, 0.3) is 5.91 Å².